The number of ether oxygens (including phenoxy) is 1. The van der Waals surface area contributed by atoms with E-state index >= 15 is 0 Å². The van der Waals surface area contributed by atoms with E-state index in [2.05, 4.69) is 31.2 Å². The minimum Gasteiger partial charge on any atom is -0.372 e. The number of hydrogen-bond acceptors (Lipinski definition) is 3. The van der Waals surface area contributed by atoms with Crippen LogP contribution in [0.15, 0.2) is 60.7 Å². The van der Waals surface area contributed by atoms with Crippen LogP contribution in [0.1, 0.15) is 57.1 Å². The number of nitro groups is 1. The minimum absolute atomic E-state index is 0.0972. The second-order valence-corrected chi connectivity index (χ2v) is 6.91. The summed E-state index contributed by atoms with van der Waals surface area (Å²) in [4.78, 5) is 9.09. The standard InChI is InChI=1S/C14H14O.C6H12.C3H7NO2/c1-3-7-13(8-4-1)11-15-12-14-9-5-2-6-10-14;1-6-4-2-3-5-6;1-2-3-4(5)6/h1-10H,11-12H2;6H,2-5H2,1H3;2-3H2,1H3. The van der Waals surface area contributed by atoms with Gasteiger partial charge in [-0.15, -0.1) is 0 Å². The Bertz CT molecular complexity index is 556. The Labute approximate surface area is 163 Å². The first-order valence-corrected chi connectivity index (χ1v) is 9.89. The molecule has 27 heavy (non-hydrogen) atoms. The van der Waals surface area contributed by atoms with E-state index in [-0.39, 0.29) is 11.5 Å². The summed E-state index contributed by atoms with van der Waals surface area (Å²) in [5.41, 5.74) is 2.43. The number of hydrogen-bond donors (Lipinski definition) is 0. The van der Waals surface area contributed by atoms with Crippen molar-refractivity contribution in [1.82, 2.24) is 0 Å². The summed E-state index contributed by atoms with van der Waals surface area (Å²) < 4.78 is 5.61. The van der Waals surface area contributed by atoms with Crippen molar-refractivity contribution in [2.45, 2.75) is 59.2 Å². The van der Waals surface area contributed by atoms with Crippen LogP contribution in [0.4, 0.5) is 0 Å². The van der Waals surface area contributed by atoms with Gasteiger partial charge in [0.1, 0.15) is 0 Å². The Kier molecular flexibility index (Phi) is 12.6. The molecule has 0 N–H and O–H groups in total. The molecule has 1 saturated carbocycles. The molecule has 0 aromatic heterocycles. The molecule has 1 aliphatic rings. The lowest BCUT2D eigenvalue weighted by atomic mass is 10.2. The highest BCUT2D eigenvalue weighted by Gasteiger charge is 2.07. The second kappa shape index (κ2) is 14.9. The van der Waals surface area contributed by atoms with E-state index in [1.54, 1.807) is 6.92 Å². The fourth-order valence-electron chi connectivity index (χ4n) is 2.75. The second-order valence-electron chi connectivity index (χ2n) is 6.91. The monoisotopic (exact) mass is 371 g/mol. The summed E-state index contributed by atoms with van der Waals surface area (Å²) >= 11 is 0. The van der Waals surface area contributed by atoms with Crippen LogP contribution in [-0.4, -0.2) is 11.5 Å². The molecule has 0 bridgehead atoms. The van der Waals surface area contributed by atoms with Crippen LogP contribution in [0.5, 0.6) is 0 Å². The molecule has 0 spiro atoms. The summed E-state index contributed by atoms with van der Waals surface area (Å²) in [5.74, 6) is 1.05. The Morgan fingerprint density at radius 1 is 0.926 bits per heavy atom. The van der Waals surface area contributed by atoms with Crippen molar-refractivity contribution < 1.29 is 9.66 Å². The van der Waals surface area contributed by atoms with Gasteiger partial charge in [0, 0.05) is 11.3 Å². The van der Waals surface area contributed by atoms with E-state index in [4.69, 9.17) is 4.74 Å². The maximum Gasteiger partial charge on any atom is 0.203 e. The third-order valence-electron chi connectivity index (χ3n) is 4.27. The lowest BCUT2D eigenvalue weighted by Crippen LogP contribution is -1.96. The van der Waals surface area contributed by atoms with Gasteiger partial charge in [-0.1, -0.05) is 100 Å². The quantitative estimate of drug-likeness (QED) is 0.444. The molecule has 1 fully saturated rings. The maximum atomic E-state index is 9.40. The smallest absolute Gasteiger partial charge is 0.203 e. The average Bonchev–Trinajstić information content (AvgIpc) is 3.15. The van der Waals surface area contributed by atoms with Crippen molar-refractivity contribution in [1.29, 1.82) is 0 Å². The van der Waals surface area contributed by atoms with Crippen LogP contribution in [0.3, 0.4) is 0 Å². The van der Waals surface area contributed by atoms with Gasteiger partial charge in [0.2, 0.25) is 6.54 Å². The van der Waals surface area contributed by atoms with Gasteiger partial charge >= 0.3 is 0 Å². The predicted molar refractivity (Wildman–Crippen MR) is 111 cm³/mol. The Morgan fingerprint density at radius 3 is 1.63 bits per heavy atom. The molecule has 2 aromatic carbocycles. The van der Waals surface area contributed by atoms with Crippen LogP contribution < -0.4 is 0 Å². The first-order valence-electron chi connectivity index (χ1n) is 9.89. The van der Waals surface area contributed by atoms with Crippen molar-refractivity contribution in [3.8, 4) is 0 Å². The third-order valence-corrected chi connectivity index (χ3v) is 4.27. The van der Waals surface area contributed by atoms with Crippen LogP contribution in [0.2, 0.25) is 0 Å². The van der Waals surface area contributed by atoms with Crippen molar-refractivity contribution in [3.05, 3.63) is 81.9 Å². The SMILES string of the molecule is CC1CCCC1.CCC[N+](=O)[O-].c1ccc(COCc2ccccc2)cc1. The summed E-state index contributed by atoms with van der Waals surface area (Å²) in [6, 6.07) is 20.4. The average molecular weight is 372 g/mol. The van der Waals surface area contributed by atoms with Gasteiger partial charge in [0.15, 0.2) is 0 Å². The zero-order valence-corrected chi connectivity index (χ0v) is 16.7. The van der Waals surface area contributed by atoms with Gasteiger partial charge in [0.05, 0.1) is 13.2 Å². The first-order chi connectivity index (χ1) is 13.1. The van der Waals surface area contributed by atoms with Gasteiger partial charge in [0.25, 0.3) is 0 Å². The largest absolute Gasteiger partial charge is 0.372 e. The Balaban J connectivity index is 0.000000251. The molecule has 0 unspecified atom stereocenters. The van der Waals surface area contributed by atoms with E-state index < -0.39 is 0 Å². The minimum atomic E-state index is -0.319. The summed E-state index contributed by atoms with van der Waals surface area (Å²) in [6.07, 6.45) is 6.58. The molecule has 2 aromatic rings. The van der Waals surface area contributed by atoms with E-state index in [9.17, 15) is 10.1 Å². The lowest BCUT2D eigenvalue weighted by Gasteiger charge is -2.03. The molecule has 0 heterocycles. The zero-order chi connectivity index (χ0) is 19.7. The van der Waals surface area contributed by atoms with Crippen LogP contribution in [0.25, 0.3) is 0 Å². The van der Waals surface area contributed by atoms with Crippen LogP contribution in [0, 0.1) is 16.0 Å². The molecule has 3 rings (SSSR count). The molecule has 4 nitrogen and oxygen atoms in total. The topological polar surface area (TPSA) is 52.4 Å². The Hall–Kier alpha value is -2.20. The van der Waals surface area contributed by atoms with E-state index in [1.807, 2.05) is 36.4 Å². The lowest BCUT2D eigenvalue weighted by molar-refractivity contribution is -0.479. The van der Waals surface area contributed by atoms with Crippen LogP contribution >= 0.6 is 0 Å². The van der Waals surface area contributed by atoms with Crippen molar-refractivity contribution in [2.75, 3.05) is 6.54 Å². The fraction of sp³-hybridized carbons (Fsp3) is 0.478. The van der Waals surface area contributed by atoms with E-state index in [0.29, 0.717) is 19.6 Å². The highest BCUT2D eigenvalue weighted by molar-refractivity contribution is 5.15. The summed E-state index contributed by atoms with van der Waals surface area (Å²) in [5, 5.41) is 9.40. The molecule has 0 aliphatic heterocycles. The molecule has 4 heteroatoms. The normalized spacial score (nSPS) is 13.1. The number of rotatable bonds is 6. The van der Waals surface area contributed by atoms with E-state index in [0.717, 1.165) is 5.92 Å². The Morgan fingerprint density at radius 2 is 1.37 bits per heavy atom. The molecule has 148 valence electrons. The fourth-order valence-corrected chi connectivity index (χ4v) is 2.75. The molecule has 0 saturated heterocycles. The van der Waals surface area contributed by atoms with Crippen LogP contribution in [-0.2, 0) is 18.0 Å². The molecule has 0 atom stereocenters. The molecular formula is C23H33NO3. The number of nitrogens with zero attached hydrogens (tertiary/aromatic N) is 1. The number of benzene rings is 2. The van der Waals surface area contributed by atoms with Gasteiger partial charge in [-0.05, 0) is 17.0 Å². The first kappa shape index (κ1) is 22.8. The van der Waals surface area contributed by atoms with Gasteiger partial charge in [-0.2, -0.15) is 0 Å². The molecular weight excluding hydrogens is 338 g/mol. The van der Waals surface area contributed by atoms with Gasteiger partial charge < -0.3 is 4.74 Å². The van der Waals surface area contributed by atoms with Crippen molar-refractivity contribution in [3.63, 3.8) is 0 Å². The molecule has 0 amide bonds. The van der Waals surface area contributed by atoms with E-state index in [1.165, 1.54) is 36.8 Å². The highest BCUT2D eigenvalue weighted by atomic mass is 16.6. The van der Waals surface area contributed by atoms with Crippen molar-refractivity contribution >= 4 is 0 Å². The van der Waals surface area contributed by atoms with Crippen molar-refractivity contribution in [2.24, 2.45) is 5.92 Å². The maximum absolute atomic E-state index is 9.40. The molecule has 0 radical (unpaired) electrons. The summed E-state index contributed by atoms with van der Waals surface area (Å²) in [6.45, 7) is 5.57. The summed E-state index contributed by atoms with van der Waals surface area (Å²) in [7, 11) is 0. The third kappa shape index (κ3) is 12.7. The van der Waals surface area contributed by atoms with Gasteiger partial charge in [-0.25, -0.2) is 0 Å². The van der Waals surface area contributed by atoms with Gasteiger partial charge in [-0.3, -0.25) is 10.1 Å². The molecule has 1 aliphatic carbocycles. The predicted octanol–water partition coefficient (Wildman–Crippen LogP) is 6.27. The highest BCUT2D eigenvalue weighted by Crippen LogP contribution is 2.22. The zero-order valence-electron chi connectivity index (χ0n) is 16.7.